The number of nitrogens with zero attached hydrogens (tertiary/aromatic N) is 2. The molecular formula is C78H72N2O2. The summed E-state index contributed by atoms with van der Waals surface area (Å²) in [5.41, 5.74) is 13.7. The molecule has 0 amide bonds. The highest BCUT2D eigenvalue weighted by atomic mass is 16.5. The molecule has 0 bridgehead atoms. The smallest absolute Gasteiger partial charge is 0.120 e. The van der Waals surface area contributed by atoms with Crippen LogP contribution in [0, 0.1) is 0 Å². The molecule has 13 aromatic rings. The molecule has 0 aliphatic rings. The minimum Gasteiger partial charge on any atom is -0.488 e. The number of rotatable bonds is 16. The van der Waals surface area contributed by atoms with E-state index in [1.54, 1.807) is 0 Å². The third-order valence-corrected chi connectivity index (χ3v) is 16.3. The van der Waals surface area contributed by atoms with E-state index >= 15 is 0 Å². The molecule has 0 saturated heterocycles. The summed E-state index contributed by atoms with van der Waals surface area (Å²) in [6.45, 7) is 17.1. The van der Waals surface area contributed by atoms with Gasteiger partial charge in [0.25, 0.3) is 0 Å². The maximum Gasteiger partial charge on any atom is 0.120 e. The van der Waals surface area contributed by atoms with Gasteiger partial charge in [-0.15, -0.1) is 0 Å². The van der Waals surface area contributed by atoms with E-state index in [-0.39, 0.29) is 11.2 Å². The Bertz CT molecular complexity index is 4040. The van der Waals surface area contributed by atoms with Crippen molar-refractivity contribution in [3.05, 3.63) is 230 Å². The third kappa shape index (κ3) is 9.58. The van der Waals surface area contributed by atoms with Gasteiger partial charge in [0.1, 0.15) is 22.7 Å². The fraction of sp³-hybridized carbons (Fsp3) is 0.205. The molecule has 0 aliphatic carbocycles. The van der Waals surface area contributed by atoms with E-state index in [1.807, 2.05) is 0 Å². The molecule has 0 N–H and O–H groups in total. The normalized spacial score (nSPS) is 12.2. The van der Waals surface area contributed by atoms with Gasteiger partial charge < -0.3 is 19.3 Å². The van der Waals surface area contributed by atoms with Gasteiger partial charge in [-0.05, 0) is 239 Å². The zero-order valence-electron chi connectivity index (χ0n) is 48.7. The van der Waals surface area contributed by atoms with Crippen molar-refractivity contribution in [1.82, 2.24) is 0 Å². The molecule has 4 nitrogen and oxygen atoms in total. The minimum atomic E-state index is -0.311. The SMILES string of the molecule is CCCCc1ccc(N(c2ccc(OC(C)(C)C)cc2)c2ccc3c4c(-c5ccccc5)c5c6cccc7c(N(c8ccc(CCCC)cc8)c8ccc(OC(C)(C)C)cc8)ccc(c5c(-c5ccccc5)c4c4cccc2c43)c76)cc1. The van der Waals surface area contributed by atoms with E-state index in [1.165, 1.54) is 124 Å². The maximum absolute atomic E-state index is 6.37. The highest BCUT2D eigenvalue weighted by Gasteiger charge is 2.30. The van der Waals surface area contributed by atoms with E-state index in [4.69, 9.17) is 9.47 Å². The van der Waals surface area contributed by atoms with Crippen LogP contribution in [0.25, 0.3) is 86.9 Å². The van der Waals surface area contributed by atoms with E-state index in [9.17, 15) is 0 Å². The van der Waals surface area contributed by atoms with Crippen molar-refractivity contribution < 1.29 is 9.47 Å². The average molecular weight is 1070 g/mol. The van der Waals surface area contributed by atoms with Crippen LogP contribution < -0.4 is 19.3 Å². The van der Waals surface area contributed by atoms with E-state index in [0.29, 0.717) is 0 Å². The largest absolute Gasteiger partial charge is 0.488 e. The first-order valence-electron chi connectivity index (χ1n) is 29.7. The van der Waals surface area contributed by atoms with Crippen LogP contribution in [0.2, 0.25) is 0 Å². The molecule has 0 aliphatic heterocycles. The molecule has 0 saturated carbocycles. The van der Waals surface area contributed by atoms with Crippen LogP contribution in [-0.2, 0) is 12.8 Å². The van der Waals surface area contributed by atoms with Crippen molar-refractivity contribution in [2.75, 3.05) is 9.80 Å². The van der Waals surface area contributed by atoms with Crippen molar-refractivity contribution >= 4 is 98.8 Å². The Labute approximate surface area is 483 Å². The van der Waals surface area contributed by atoms with Gasteiger partial charge in [0.2, 0.25) is 0 Å². The highest BCUT2D eigenvalue weighted by molar-refractivity contribution is 6.47. The summed E-state index contributed by atoms with van der Waals surface area (Å²) >= 11 is 0. The molecule has 0 atom stereocenters. The van der Waals surface area contributed by atoms with Crippen molar-refractivity contribution in [3.63, 3.8) is 0 Å². The van der Waals surface area contributed by atoms with Crippen LogP contribution in [0.5, 0.6) is 11.5 Å². The zero-order valence-corrected chi connectivity index (χ0v) is 48.7. The van der Waals surface area contributed by atoms with Gasteiger partial charge in [-0.1, -0.05) is 160 Å². The zero-order chi connectivity index (χ0) is 56.3. The first-order chi connectivity index (χ1) is 39.9. The molecule has 4 heteroatoms. The lowest BCUT2D eigenvalue weighted by molar-refractivity contribution is 0.130. The molecule has 0 heterocycles. The molecule has 0 radical (unpaired) electrons. The van der Waals surface area contributed by atoms with Crippen LogP contribution >= 0.6 is 0 Å². The molecule has 82 heavy (non-hydrogen) atoms. The molecule has 13 aromatic carbocycles. The number of benzene rings is 11. The van der Waals surface area contributed by atoms with Gasteiger partial charge in [-0.2, -0.15) is 0 Å². The van der Waals surface area contributed by atoms with Crippen LogP contribution in [0.15, 0.2) is 218 Å². The second-order valence-corrected chi connectivity index (χ2v) is 24.3. The van der Waals surface area contributed by atoms with Crippen molar-refractivity contribution in [2.24, 2.45) is 0 Å². The van der Waals surface area contributed by atoms with E-state index in [2.05, 4.69) is 284 Å². The molecule has 0 fully saturated rings. The number of hydrogen-bond donors (Lipinski definition) is 0. The Morgan fingerprint density at radius 3 is 0.951 bits per heavy atom. The monoisotopic (exact) mass is 1070 g/mol. The number of unbranched alkanes of at least 4 members (excludes halogenated alkanes) is 2. The van der Waals surface area contributed by atoms with Crippen LogP contribution in [0.1, 0.15) is 92.2 Å². The van der Waals surface area contributed by atoms with Crippen LogP contribution in [-0.4, -0.2) is 11.2 Å². The lowest BCUT2D eigenvalue weighted by Crippen LogP contribution is -2.22. The minimum absolute atomic E-state index is 0.311. The first kappa shape index (κ1) is 52.5. The third-order valence-electron chi connectivity index (χ3n) is 16.3. The lowest BCUT2D eigenvalue weighted by atomic mass is 9.87. The average Bonchev–Trinajstić information content (AvgIpc) is 1.77. The summed E-state index contributed by atoms with van der Waals surface area (Å²) < 4.78 is 12.7. The van der Waals surface area contributed by atoms with Gasteiger partial charge in [0.15, 0.2) is 0 Å². The Morgan fingerprint density at radius 2 is 0.622 bits per heavy atom. The van der Waals surface area contributed by atoms with E-state index in [0.717, 1.165) is 58.5 Å². The Balaban J connectivity index is 1.10. The maximum atomic E-state index is 6.37. The molecule has 0 spiro atoms. The van der Waals surface area contributed by atoms with Crippen LogP contribution in [0.4, 0.5) is 34.1 Å². The van der Waals surface area contributed by atoms with Gasteiger partial charge in [-0.25, -0.2) is 0 Å². The fourth-order valence-electron chi connectivity index (χ4n) is 12.9. The number of hydrogen-bond acceptors (Lipinski definition) is 4. The Hall–Kier alpha value is -8.86. The molecule has 13 rings (SSSR count). The number of ether oxygens (including phenoxy) is 2. The number of aryl methyl sites for hydroxylation is 2. The summed E-state index contributed by atoms with van der Waals surface area (Å²) in [5, 5.41) is 15.1. The highest BCUT2D eigenvalue weighted by Crippen LogP contribution is 2.58. The predicted octanol–water partition coefficient (Wildman–Crippen LogP) is 22.8. The number of fused-ring (bicyclic) bond motifs is 6. The van der Waals surface area contributed by atoms with Gasteiger partial charge in [0.05, 0.1) is 11.4 Å². The first-order valence-corrected chi connectivity index (χ1v) is 29.7. The van der Waals surface area contributed by atoms with Crippen LogP contribution in [0.3, 0.4) is 0 Å². The summed E-state index contributed by atoms with van der Waals surface area (Å²) in [6, 6.07) is 81.8. The summed E-state index contributed by atoms with van der Waals surface area (Å²) in [5.74, 6) is 1.71. The Kier molecular flexibility index (Phi) is 13.6. The van der Waals surface area contributed by atoms with Gasteiger partial charge in [-0.3, -0.25) is 0 Å². The lowest BCUT2D eigenvalue weighted by Gasteiger charge is -2.28. The summed E-state index contributed by atoms with van der Waals surface area (Å²) in [6.07, 6.45) is 6.82. The van der Waals surface area contributed by atoms with Gasteiger partial charge in [0, 0.05) is 33.5 Å². The molecule has 0 aromatic heterocycles. The second kappa shape index (κ2) is 21.2. The quantitative estimate of drug-likeness (QED) is 0.0963. The summed E-state index contributed by atoms with van der Waals surface area (Å²) in [7, 11) is 0. The van der Waals surface area contributed by atoms with Crippen molar-refractivity contribution in [2.45, 2.75) is 105 Å². The fourth-order valence-corrected chi connectivity index (χ4v) is 12.9. The standard InChI is InChI=1S/C78H72N2O2/c1-9-11-21-51-31-35-55(36-32-51)79(57-39-43-59(44-40-57)81-77(3,4)5)67-49-47-65-71-61(67)27-19-29-63(71)73-69(53-23-15-13-16-24-53)76-66-48-50-68(62-28-20-30-64(72(62)66)74(76)70(75(65)73)54-25-17-14-18-26-54)80(56-37-33-52(34-38-56)22-12-10-2)58-41-45-60(46-42-58)82-78(6,7)8/h13-20,23-50H,9-12,21-22H2,1-8H3. The second-order valence-electron chi connectivity index (χ2n) is 24.3. The molecule has 406 valence electrons. The van der Waals surface area contributed by atoms with Crippen molar-refractivity contribution in [3.8, 4) is 33.8 Å². The number of anilines is 6. The topological polar surface area (TPSA) is 24.9 Å². The predicted molar refractivity (Wildman–Crippen MR) is 352 cm³/mol. The van der Waals surface area contributed by atoms with Crippen molar-refractivity contribution in [1.29, 1.82) is 0 Å². The van der Waals surface area contributed by atoms with E-state index < -0.39 is 0 Å². The molecular weight excluding hydrogens is 997 g/mol. The summed E-state index contributed by atoms with van der Waals surface area (Å²) in [4.78, 5) is 4.89. The van der Waals surface area contributed by atoms with Gasteiger partial charge >= 0.3 is 0 Å². The molecule has 0 unspecified atom stereocenters. The Morgan fingerprint density at radius 1 is 0.305 bits per heavy atom.